The fourth-order valence-corrected chi connectivity index (χ4v) is 2.07. The lowest BCUT2D eigenvalue weighted by atomic mass is 9.85. The lowest BCUT2D eigenvalue weighted by molar-refractivity contribution is -0.121. The van der Waals surface area contributed by atoms with Crippen molar-refractivity contribution in [3.8, 4) is 0 Å². The van der Waals surface area contributed by atoms with Crippen molar-refractivity contribution in [1.29, 1.82) is 0 Å². The molecule has 0 aromatic carbocycles. The minimum absolute atomic E-state index is 0.510. The van der Waals surface area contributed by atoms with Gasteiger partial charge in [-0.15, -0.1) is 0 Å². The quantitative estimate of drug-likeness (QED) is 0.407. The smallest absolute Gasteiger partial charge is 0.209 e. The Hall–Kier alpha value is -0.790. The molecule has 1 saturated heterocycles. The van der Waals surface area contributed by atoms with E-state index in [9.17, 15) is 4.79 Å². The zero-order chi connectivity index (χ0) is 7.68. The first-order valence-corrected chi connectivity index (χ1v) is 4.28. The van der Waals surface area contributed by atoms with Gasteiger partial charge in [-0.25, -0.2) is 0 Å². The molecule has 1 fully saturated rings. The van der Waals surface area contributed by atoms with Crippen LogP contribution in [0.25, 0.3) is 0 Å². The highest BCUT2D eigenvalue weighted by Gasteiger charge is 2.27. The highest BCUT2D eigenvalue weighted by molar-refractivity contribution is 5.48. The van der Waals surface area contributed by atoms with Crippen molar-refractivity contribution < 1.29 is 4.79 Å². The molecule has 0 radical (unpaired) electrons. The SMILES string of the molecule is O=CN1CCC2C=CCC1C2. The van der Waals surface area contributed by atoms with Gasteiger partial charge in [0.25, 0.3) is 0 Å². The van der Waals surface area contributed by atoms with E-state index in [1.807, 2.05) is 4.90 Å². The van der Waals surface area contributed by atoms with Crippen molar-refractivity contribution in [2.75, 3.05) is 6.54 Å². The second-order valence-electron chi connectivity index (χ2n) is 3.45. The van der Waals surface area contributed by atoms with Crippen molar-refractivity contribution in [2.24, 2.45) is 5.92 Å². The number of hydrogen-bond donors (Lipinski definition) is 0. The molecule has 2 heteroatoms. The lowest BCUT2D eigenvalue weighted by Crippen LogP contribution is -2.42. The average molecular weight is 151 g/mol. The van der Waals surface area contributed by atoms with Crippen LogP contribution in [-0.2, 0) is 4.79 Å². The number of fused-ring (bicyclic) bond motifs is 2. The van der Waals surface area contributed by atoms with E-state index in [2.05, 4.69) is 12.2 Å². The van der Waals surface area contributed by atoms with Crippen LogP contribution in [0.3, 0.4) is 0 Å². The predicted octanol–water partition coefficient (Wildman–Crippen LogP) is 1.18. The van der Waals surface area contributed by atoms with E-state index in [-0.39, 0.29) is 0 Å². The highest BCUT2D eigenvalue weighted by atomic mass is 16.1. The summed E-state index contributed by atoms with van der Waals surface area (Å²) < 4.78 is 0. The number of likely N-dealkylation sites (tertiary alicyclic amines) is 1. The second kappa shape index (κ2) is 2.68. The third-order valence-corrected chi connectivity index (χ3v) is 2.75. The van der Waals surface area contributed by atoms with Crippen LogP contribution >= 0.6 is 0 Å². The Morgan fingerprint density at radius 2 is 2.45 bits per heavy atom. The van der Waals surface area contributed by atoms with E-state index in [1.54, 1.807) is 0 Å². The van der Waals surface area contributed by atoms with Crippen LogP contribution < -0.4 is 0 Å². The largest absolute Gasteiger partial charge is 0.342 e. The van der Waals surface area contributed by atoms with Crippen LogP contribution in [0.15, 0.2) is 12.2 Å². The van der Waals surface area contributed by atoms with Gasteiger partial charge in [0, 0.05) is 12.6 Å². The Labute approximate surface area is 66.9 Å². The van der Waals surface area contributed by atoms with Gasteiger partial charge in [-0.3, -0.25) is 4.79 Å². The topological polar surface area (TPSA) is 20.3 Å². The van der Waals surface area contributed by atoms with Crippen molar-refractivity contribution in [2.45, 2.75) is 25.3 Å². The van der Waals surface area contributed by atoms with Gasteiger partial charge in [0.15, 0.2) is 0 Å². The summed E-state index contributed by atoms with van der Waals surface area (Å²) in [6, 6.07) is 0.510. The molecular formula is C9H13NO. The summed E-state index contributed by atoms with van der Waals surface area (Å²) >= 11 is 0. The predicted molar refractivity (Wildman–Crippen MR) is 43.0 cm³/mol. The molecule has 2 bridgehead atoms. The summed E-state index contributed by atoms with van der Waals surface area (Å²) in [6.45, 7) is 0.961. The number of carbonyl (C=O) groups is 1. The van der Waals surface area contributed by atoms with Gasteiger partial charge in [0.2, 0.25) is 6.41 Å². The van der Waals surface area contributed by atoms with Gasteiger partial charge in [0.1, 0.15) is 0 Å². The van der Waals surface area contributed by atoms with Crippen molar-refractivity contribution in [1.82, 2.24) is 4.90 Å². The molecule has 60 valence electrons. The van der Waals surface area contributed by atoms with E-state index in [0.717, 1.165) is 31.7 Å². The molecule has 0 aromatic heterocycles. The van der Waals surface area contributed by atoms with Gasteiger partial charge in [-0.2, -0.15) is 0 Å². The molecule has 1 amide bonds. The highest BCUT2D eigenvalue weighted by Crippen LogP contribution is 2.28. The van der Waals surface area contributed by atoms with E-state index >= 15 is 0 Å². The van der Waals surface area contributed by atoms with Crippen LogP contribution in [-0.4, -0.2) is 23.9 Å². The Balaban J connectivity index is 2.11. The first-order valence-electron chi connectivity index (χ1n) is 4.28. The average Bonchev–Trinajstić information content (AvgIpc) is 2.06. The Morgan fingerprint density at radius 3 is 3.27 bits per heavy atom. The van der Waals surface area contributed by atoms with Crippen LogP contribution in [0.2, 0.25) is 0 Å². The second-order valence-corrected chi connectivity index (χ2v) is 3.45. The molecule has 0 N–H and O–H groups in total. The van der Waals surface area contributed by atoms with Gasteiger partial charge >= 0.3 is 0 Å². The lowest BCUT2D eigenvalue weighted by Gasteiger charge is -2.38. The maximum atomic E-state index is 10.6. The Morgan fingerprint density at radius 1 is 1.55 bits per heavy atom. The van der Waals surface area contributed by atoms with Crippen molar-refractivity contribution >= 4 is 6.41 Å². The Kier molecular flexibility index (Phi) is 1.68. The van der Waals surface area contributed by atoms with Gasteiger partial charge in [-0.05, 0) is 25.2 Å². The zero-order valence-electron chi connectivity index (χ0n) is 6.57. The summed E-state index contributed by atoms with van der Waals surface area (Å²) in [7, 11) is 0. The number of allylic oxidation sites excluding steroid dienone is 1. The molecule has 0 aromatic rings. The molecule has 11 heavy (non-hydrogen) atoms. The molecule has 0 saturated carbocycles. The summed E-state index contributed by atoms with van der Waals surface area (Å²) in [5, 5.41) is 0. The van der Waals surface area contributed by atoms with Gasteiger partial charge < -0.3 is 4.90 Å². The summed E-state index contributed by atoms with van der Waals surface area (Å²) in [6.07, 6.45) is 8.93. The van der Waals surface area contributed by atoms with Crippen LogP contribution in [0, 0.1) is 5.92 Å². The number of amides is 1. The summed E-state index contributed by atoms with van der Waals surface area (Å²) in [5.74, 6) is 0.755. The maximum absolute atomic E-state index is 10.6. The summed E-state index contributed by atoms with van der Waals surface area (Å²) in [5.41, 5.74) is 0. The molecule has 2 unspecified atom stereocenters. The number of carbonyl (C=O) groups excluding carboxylic acids is 1. The van der Waals surface area contributed by atoms with Crippen molar-refractivity contribution in [3.05, 3.63) is 12.2 Å². The van der Waals surface area contributed by atoms with E-state index in [4.69, 9.17) is 0 Å². The van der Waals surface area contributed by atoms with E-state index in [0.29, 0.717) is 6.04 Å². The molecule has 1 aliphatic carbocycles. The van der Waals surface area contributed by atoms with Gasteiger partial charge in [0.05, 0.1) is 0 Å². The molecule has 2 nitrogen and oxygen atoms in total. The molecule has 2 aliphatic rings. The molecule has 1 heterocycles. The van der Waals surface area contributed by atoms with Crippen LogP contribution in [0.5, 0.6) is 0 Å². The maximum Gasteiger partial charge on any atom is 0.209 e. The Bertz CT molecular complexity index is 188. The number of nitrogens with zero attached hydrogens (tertiary/aromatic N) is 1. The minimum Gasteiger partial charge on any atom is -0.342 e. The van der Waals surface area contributed by atoms with E-state index < -0.39 is 0 Å². The normalized spacial score (nSPS) is 35.5. The fraction of sp³-hybridized carbons (Fsp3) is 0.667. The summed E-state index contributed by atoms with van der Waals surface area (Å²) in [4.78, 5) is 12.5. The molecule has 0 spiro atoms. The third-order valence-electron chi connectivity index (χ3n) is 2.75. The molecule has 2 atom stereocenters. The molecule has 2 rings (SSSR count). The standard InChI is InChI=1S/C9H13NO/c11-7-10-5-4-8-2-1-3-9(10)6-8/h1-2,7-9H,3-6H2. The monoisotopic (exact) mass is 151 g/mol. The first kappa shape index (κ1) is 6.89. The third kappa shape index (κ3) is 1.17. The fourth-order valence-electron chi connectivity index (χ4n) is 2.07. The molecular weight excluding hydrogens is 138 g/mol. The number of hydrogen-bond acceptors (Lipinski definition) is 1. The first-order chi connectivity index (χ1) is 5.40. The zero-order valence-corrected chi connectivity index (χ0v) is 6.57. The van der Waals surface area contributed by atoms with Crippen LogP contribution in [0.4, 0.5) is 0 Å². The van der Waals surface area contributed by atoms with E-state index in [1.165, 1.54) is 6.42 Å². The van der Waals surface area contributed by atoms with Gasteiger partial charge in [-0.1, -0.05) is 12.2 Å². The van der Waals surface area contributed by atoms with Crippen molar-refractivity contribution in [3.63, 3.8) is 0 Å². The number of piperidine rings is 1. The minimum atomic E-state index is 0.510. The molecule has 1 aliphatic heterocycles. The number of rotatable bonds is 1. The van der Waals surface area contributed by atoms with Crippen LogP contribution in [0.1, 0.15) is 19.3 Å².